The molecular weight excluding hydrogens is 336 g/mol. The Morgan fingerprint density at radius 2 is 2.28 bits per heavy atom. The molecule has 1 fully saturated rings. The van der Waals surface area contributed by atoms with Gasteiger partial charge in [-0.25, -0.2) is 4.98 Å². The highest BCUT2D eigenvalue weighted by molar-refractivity contribution is 7.17. The van der Waals surface area contributed by atoms with Crippen LogP contribution < -0.4 is 0 Å². The molecule has 0 N–H and O–H groups in total. The first-order chi connectivity index (χ1) is 12.2. The molecule has 0 aliphatic heterocycles. The Morgan fingerprint density at radius 1 is 1.40 bits per heavy atom. The van der Waals surface area contributed by atoms with Crippen molar-refractivity contribution in [2.24, 2.45) is 5.92 Å². The van der Waals surface area contributed by atoms with Gasteiger partial charge in [-0.1, -0.05) is 6.07 Å². The molecule has 3 aromatic heterocycles. The fraction of sp³-hybridized carbons (Fsp3) is 0.412. The molecule has 1 aliphatic rings. The van der Waals surface area contributed by atoms with Gasteiger partial charge in [-0.05, 0) is 48.9 Å². The van der Waals surface area contributed by atoms with Crippen molar-refractivity contribution in [1.29, 1.82) is 0 Å². The van der Waals surface area contributed by atoms with E-state index in [1.807, 2.05) is 19.1 Å². The summed E-state index contributed by atoms with van der Waals surface area (Å²) < 4.78 is 0. The highest BCUT2D eigenvalue weighted by Crippen LogP contribution is 2.30. The van der Waals surface area contributed by atoms with E-state index in [-0.39, 0.29) is 5.78 Å². The highest BCUT2D eigenvalue weighted by atomic mass is 32.1. The van der Waals surface area contributed by atoms with E-state index in [0.29, 0.717) is 34.5 Å². The smallest absolute Gasteiger partial charge is 0.233 e. The van der Waals surface area contributed by atoms with Gasteiger partial charge < -0.3 is 0 Å². The molecule has 0 spiro atoms. The largest absolute Gasteiger partial charge is 0.293 e. The van der Waals surface area contributed by atoms with Crippen molar-refractivity contribution in [3.05, 3.63) is 40.7 Å². The van der Waals surface area contributed by atoms with E-state index in [9.17, 15) is 4.79 Å². The normalized spacial score (nSPS) is 14.0. The maximum absolute atomic E-state index is 12.5. The zero-order valence-corrected chi connectivity index (χ0v) is 14.7. The number of pyridine rings is 1. The minimum Gasteiger partial charge on any atom is -0.293 e. The average molecular weight is 354 g/mol. The van der Waals surface area contributed by atoms with E-state index < -0.39 is 0 Å². The monoisotopic (exact) mass is 354 g/mol. The van der Waals surface area contributed by atoms with Crippen LogP contribution >= 0.6 is 11.3 Å². The van der Waals surface area contributed by atoms with Crippen LogP contribution in [0, 0.1) is 12.8 Å². The third-order valence-electron chi connectivity index (χ3n) is 4.18. The Bertz CT molecular complexity index is 884. The second kappa shape index (κ2) is 6.79. The van der Waals surface area contributed by atoms with Crippen LogP contribution in [-0.2, 0) is 13.0 Å². The number of nitrogens with zero attached hydrogens (tertiary/aromatic N) is 6. The Morgan fingerprint density at radius 3 is 3.04 bits per heavy atom. The first kappa shape index (κ1) is 16.0. The average Bonchev–Trinajstić information content (AvgIpc) is 3.16. The third-order valence-corrected chi connectivity index (χ3v) is 5.37. The quantitative estimate of drug-likeness (QED) is 0.606. The maximum atomic E-state index is 12.5. The number of carbonyl (C=O) groups excluding carboxylic acids is 1. The first-order valence-electron chi connectivity index (χ1n) is 8.37. The van der Waals surface area contributed by atoms with Crippen molar-refractivity contribution in [2.75, 3.05) is 0 Å². The van der Waals surface area contributed by atoms with Crippen LogP contribution in [0.2, 0.25) is 0 Å². The molecular formula is C17H18N6OS. The van der Waals surface area contributed by atoms with Crippen LogP contribution in [0.4, 0.5) is 0 Å². The molecule has 8 heteroatoms. The molecule has 1 aliphatic carbocycles. The molecule has 0 radical (unpaired) electrons. The summed E-state index contributed by atoms with van der Waals surface area (Å²) in [6.07, 6.45) is 7.12. The van der Waals surface area contributed by atoms with E-state index in [2.05, 4.69) is 25.4 Å². The summed E-state index contributed by atoms with van der Waals surface area (Å²) in [6, 6.07) is 3.86. The maximum Gasteiger partial charge on any atom is 0.233 e. The Labute approximate surface area is 149 Å². The minimum atomic E-state index is 0.0930. The molecule has 3 aromatic rings. The minimum absolute atomic E-state index is 0.0930. The Balaban J connectivity index is 1.45. The zero-order chi connectivity index (χ0) is 17.2. The van der Waals surface area contributed by atoms with Gasteiger partial charge in [0.2, 0.25) is 5.82 Å². The number of ketones is 1. The molecule has 0 amide bonds. The summed E-state index contributed by atoms with van der Waals surface area (Å²) in [5, 5.41) is 13.2. The van der Waals surface area contributed by atoms with Crippen molar-refractivity contribution in [1.82, 2.24) is 30.2 Å². The van der Waals surface area contributed by atoms with Crippen LogP contribution in [0.5, 0.6) is 0 Å². The van der Waals surface area contributed by atoms with Crippen molar-refractivity contribution < 1.29 is 4.79 Å². The number of hydrogen-bond acceptors (Lipinski definition) is 7. The fourth-order valence-corrected chi connectivity index (χ4v) is 3.56. The summed E-state index contributed by atoms with van der Waals surface area (Å²) in [5.41, 5.74) is 1.79. The van der Waals surface area contributed by atoms with Crippen LogP contribution in [0.25, 0.3) is 10.8 Å². The van der Waals surface area contributed by atoms with E-state index in [0.717, 1.165) is 17.8 Å². The van der Waals surface area contributed by atoms with Gasteiger partial charge in [-0.2, -0.15) is 4.80 Å². The first-order valence-corrected chi connectivity index (χ1v) is 9.18. The summed E-state index contributed by atoms with van der Waals surface area (Å²) >= 11 is 1.35. The lowest BCUT2D eigenvalue weighted by Gasteiger charge is -1.99. The summed E-state index contributed by atoms with van der Waals surface area (Å²) in [7, 11) is 0. The lowest BCUT2D eigenvalue weighted by atomic mass is 10.1. The van der Waals surface area contributed by atoms with Crippen LogP contribution in [0.3, 0.4) is 0 Å². The molecule has 0 bridgehead atoms. The van der Waals surface area contributed by atoms with E-state index in [1.165, 1.54) is 24.2 Å². The van der Waals surface area contributed by atoms with Gasteiger partial charge in [0, 0.05) is 18.8 Å². The van der Waals surface area contributed by atoms with Crippen molar-refractivity contribution in [3.63, 3.8) is 0 Å². The molecule has 0 saturated heterocycles. The number of carbonyl (C=O) groups is 1. The van der Waals surface area contributed by atoms with Crippen LogP contribution in [0.1, 0.15) is 40.2 Å². The van der Waals surface area contributed by atoms with Crippen molar-refractivity contribution in [2.45, 2.75) is 39.2 Å². The van der Waals surface area contributed by atoms with Gasteiger partial charge in [0.1, 0.15) is 0 Å². The van der Waals surface area contributed by atoms with E-state index in [4.69, 9.17) is 0 Å². The van der Waals surface area contributed by atoms with Gasteiger partial charge >= 0.3 is 0 Å². The number of hydrogen-bond donors (Lipinski definition) is 0. The standard InChI is InChI=1S/C17H18N6OS/c1-11-15(14(24)7-6-12-3-2-8-18-9-12)25-17(19-11)16-20-22-23(21-16)10-13-4-5-13/h2-3,8-9,13H,4-7,10H2,1H3. The SMILES string of the molecule is Cc1nc(-c2nnn(CC3CC3)n2)sc1C(=O)CCc1cccnc1. The van der Waals surface area contributed by atoms with E-state index in [1.54, 1.807) is 17.2 Å². The predicted octanol–water partition coefficient (Wildman–Crippen LogP) is 2.73. The molecule has 7 nitrogen and oxygen atoms in total. The lowest BCUT2D eigenvalue weighted by molar-refractivity contribution is 0.0986. The van der Waals surface area contributed by atoms with Gasteiger partial charge in [-0.3, -0.25) is 9.78 Å². The molecule has 0 aromatic carbocycles. The molecule has 0 unspecified atom stereocenters. The van der Waals surface area contributed by atoms with E-state index >= 15 is 0 Å². The zero-order valence-electron chi connectivity index (χ0n) is 13.9. The number of tetrazole rings is 1. The molecule has 1 saturated carbocycles. The summed E-state index contributed by atoms with van der Waals surface area (Å²) in [5.74, 6) is 1.28. The topological polar surface area (TPSA) is 86.5 Å². The lowest BCUT2D eigenvalue weighted by Crippen LogP contribution is -2.03. The van der Waals surface area contributed by atoms with Gasteiger partial charge in [-0.15, -0.1) is 21.5 Å². The molecule has 4 rings (SSSR count). The number of Topliss-reactive ketones (excluding diaryl/α,β-unsaturated/α-hetero) is 1. The summed E-state index contributed by atoms with van der Waals surface area (Å²) in [6.45, 7) is 2.67. The van der Waals surface area contributed by atoms with Crippen LogP contribution in [0.15, 0.2) is 24.5 Å². The molecule has 25 heavy (non-hydrogen) atoms. The second-order valence-electron chi connectivity index (χ2n) is 6.33. The number of thiazole rings is 1. The fourth-order valence-electron chi connectivity index (χ4n) is 2.61. The Kier molecular flexibility index (Phi) is 4.35. The van der Waals surface area contributed by atoms with Gasteiger partial charge in [0.15, 0.2) is 10.8 Å². The third kappa shape index (κ3) is 3.79. The summed E-state index contributed by atoms with van der Waals surface area (Å²) in [4.78, 5) is 23.4. The van der Waals surface area contributed by atoms with Crippen LogP contribution in [-0.4, -0.2) is 36.0 Å². The molecule has 0 atom stereocenters. The van der Waals surface area contributed by atoms with Crippen molar-refractivity contribution in [3.8, 4) is 10.8 Å². The predicted molar refractivity (Wildman–Crippen MR) is 93.3 cm³/mol. The highest BCUT2D eigenvalue weighted by Gasteiger charge is 2.24. The second-order valence-corrected chi connectivity index (χ2v) is 7.33. The van der Waals surface area contributed by atoms with Crippen molar-refractivity contribution >= 4 is 17.1 Å². The number of aromatic nitrogens is 6. The molecule has 3 heterocycles. The molecule has 128 valence electrons. The van der Waals surface area contributed by atoms with Gasteiger partial charge in [0.05, 0.1) is 17.1 Å². The number of rotatable bonds is 7. The Hall–Kier alpha value is -2.48. The number of aryl methyl sites for hydroxylation is 2. The van der Waals surface area contributed by atoms with Gasteiger partial charge in [0.25, 0.3) is 0 Å².